The van der Waals surface area contributed by atoms with Gasteiger partial charge in [-0.05, 0) is 79.8 Å². The number of benzene rings is 2. The van der Waals surface area contributed by atoms with Gasteiger partial charge in [-0.1, -0.05) is 26.8 Å². The Balaban J connectivity index is 0.830. The van der Waals surface area contributed by atoms with Gasteiger partial charge in [0.25, 0.3) is 0 Å². The monoisotopic (exact) mass is 771 g/mol. The summed E-state index contributed by atoms with van der Waals surface area (Å²) in [5.74, 6) is 0.826. The van der Waals surface area contributed by atoms with Gasteiger partial charge in [-0.15, -0.1) is 0 Å². The third kappa shape index (κ3) is 7.21. The Morgan fingerprint density at radius 1 is 1.14 bits per heavy atom. The van der Waals surface area contributed by atoms with E-state index in [1.807, 2.05) is 17.0 Å². The molecule has 0 unspecified atom stereocenters. The number of anilines is 2. The number of carbonyl (C=O) groups excluding carboxylic acids is 3. The van der Waals surface area contributed by atoms with Crippen LogP contribution in [0.1, 0.15) is 91.2 Å². The largest absolute Gasteiger partial charge is 0.490 e. The molecule has 2 aromatic carbocycles. The fourth-order valence-electron chi connectivity index (χ4n) is 9.30. The van der Waals surface area contributed by atoms with Gasteiger partial charge in [-0.25, -0.2) is 4.98 Å². The fraction of sp³-hybridized carbons (Fsp3) is 0.477. The lowest BCUT2D eigenvalue weighted by Gasteiger charge is -2.39. The van der Waals surface area contributed by atoms with Gasteiger partial charge in [0, 0.05) is 103 Å². The van der Waals surface area contributed by atoms with Gasteiger partial charge in [0.1, 0.15) is 0 Å². The molecule has 0 bridgehead atoms. The highest BCUT2D eigenvalue weighted by atomic mass is 16.5. The molecule has 2 saturated heterocycles. The molecule has 2 atom stereocenters. The van der Waals surface area contributed by atoms with Gasteiger partial charge in [-0.2, -0.15) is 5.26 Å². The normalized spacial score (nSPS) is 19.9. The number of aryl methyl sites for hydroxylation is 1. The molecule has 4 aliphatic rings. The molecule has 2 aliphatic carbocycles. The minimum absolute atomic E-state index is 0.0169. The summed E-state index contributed by atoms with van der Waals surface area (Å²) in [6.07, 6.45) is 6.18. The number of H-pyrrole nitrogens is 1. The van der Waals surface area contributed by atoms with E-state index in [0.717, 1.165) is 97.4 Å². The van der Waals surface area contributed by atoms with E-state index in [1.165, 1.54) is 0 Å². The number of nitrogens with two attached hydrogens (primary N) is 2. The molecule has 4 heterocycles. The summed E-state index contributed by atoms with van der Waals surface area (Å²) in [4.78, 5) is 54.8. The fourth-order valence-corrected chi connectivity index (χ4v) is 9.30. The average Bonchev–Trinajstić information content (AvgIpc) is 3.77. The number of rotatable bonds is 12. The van der Waals surface area contributed by atoms with Crippen LogP contribution in [0.5, 0.6) is 5.75 Å². The van der Waals surface area contributed by atoms with Crippen LogP contribution in [0.3, 0.4) is 0 Å². The first-order chi connectivity index (χ1) is 27.4. The molecule has 57 heavy (non-hydrogen) atoms. The zero-order valence-electron chi connectivity index (χ0n) is 33.2. The predicted octanol–water partition coefficient (Wildman–Crippen LogP) is 4.26. The number of hydrogen-bond acceptors (Lipinski definition) is 10. The van der Waals surface area contributed by atoms with Crippen LogP contribution in [0, 0.1) is 16.7 Å². The maximum absolute atomic E-state index is 14.1. The Kier molecular flexibility index (Phi) is 10.2. The second-order valence-corrected chi connectivity index (χ2v) is 16.8. The summed E-state index contributed by atoms with van der Waals surface area (Å²) in [7, 11) is 0. The number of hydrogen-bond donors (Lipinski definition) is 4. The molecule has 13 heteroatoms. The van der Waals surface area contributed by atoms with E-state index in [1.54, 1.807) is 24.4 Å². The van der Waals surface area contributed by atoms with Gasteiger partial charge in [0.05, 0.1) is 29.8 Å². The minimum atomic E-state index is -0.684. The Labute approximate surface area is 333 Å². The number of fused-ring (bicyclic) bond motifs is 4. The first-order valence-electron chi connectivity index (χ1n) is 20.3. The molecule has 2 aromatic heterocycles. The standard InChI is InChI=1S/C44H53N9O4/c1-4-28-22-30-31(43(2,3)40-38(39(30)55)29-10-9-27(24-45)21-33(29)49-40)23-34(28)52-16-18-53(19-17-52)37(54)8-6-15-51-25-36(44(26-51)12-13-44)50-42(56)32(46)11-20-57-35-7-5-14-48-41(35)47/h5,7,9-10,14,21-23,32,36,49H,4,6,8,11-13,15-20,25-26,46H2,1-3H3,(H2,47,48)(H,50,56)/t32-,36-/m0/s1. The smallest absolute Gasteiger partial charge is 0.237 e. The highest BCUT2D eigenvalue weighted by Crippen LogP contribution is 2.53. The zero-order chi connectivity index (χ0) is 40.1. The van der Waals surface area contributed by atoms with Gasteiger partial charge in [0.15, 0.2) is 17.4 Å². The van der Waals surface area contributed by atoms with Crippen LogP contribution < -0.4 is 26.4 Å². The summed E-state index contributed by atoms with van der Waals surface area (Å²) < 4.78 is 5.68. The molecule has 3 fully saturated rings. The Hall–Kier alpha value is -5.45. The van der Waals surface area contributed by atoms with E-state index in [9.17, 15) is 19.6 Å². The van der Waals surface area contributed by atoms with Crippen LogP contribution in [0.25, 0.3) is 10.9 Å². The maximum Gasteiger partial charge on any atom is 0.237 e. The number of carbonyl (C=O) groups is 3. The van der Waals surface area contributed by atoms with E-state index in [2.05, 4.69) is 64.1 Å². The van der Waals surface area contributed by atoms with Crippen molar-refractivity contribution in [1.29, 1.82) is 5.26 Å². The van der Waals surface area contributed by atoms with Crippen LogP contribution >= 0.6 is 0 Å². The van der Waals surface area contributed by atoms with E-state index >= 15 is 0 Å². The molecule has 1 saturated carbocycles. The molecule has 2 aliphatic heterocycles. The summed E-state index contributed by atoms with van der Waals surface area (Å²) in [6.45, 7) is 12.0. The van der Waals surface area contributed by atoms with Crippen molar-refractivity contribution in [3.63, 3.8) is 0 Å². The molecule has 2 amide bonds. The van der Waals surface area contributed by atoms with Crippen molar-refractivity contribution < 1.29 is 19.1 Å². The number of piperazine rings is 1. The number of nitriles is 1. The van der Waals surface area contributed by atoms with Crippen molar-refractivity contribution in [3.05, 3.63) is 82.2 Å². The lowest BCUT2D eigenvalue weighted by atomic mass is 9.70. The molecule has 0 radical (unpaired) electrons. The SMILES string of the molecule is CCc1cc2c(cc1N1CCN(C(=O)CCCN3C[C@H](NC(=O)[C@@H](N)CCOc4cccnc4N)C4(CC4)C3)CC1)C(C)(C)c1[nH]c3cc(C#N)ccc3c1C2=O. The van der Waals surface area contributed by atoms with Gasteiger partial charge in [0.2, 0.25) is 11.8 Å². The van der Waals surface area contributed by atoms with E-state index < -0.39 is 11.5 Å². The molecular weight excluding hydrogens is 719 g/mol. The van der Waals surface area contributed by atoms with Crippen molar-refractivity contribution >= 4 is 40.0 Å². The number of ether oxygens (including phenoxy) is 1. The molecule has 4 aromatic rings. The van der Waals surface area contributed by atoms with Crippen molar-refractivity contribution in [2.75, 3.05) is 63.1 Å². The van der Waals surface area contributed by atoms with Crippen LogP contribution in [-0.4, -0.2) is 102 Å². The van der Waals surface area contributed by atoms with Crippen molar-refractivity contribution in [3.8, 4) is 11.8 Å². The predicted molar refractivity (Wildman–Crippen MR) is 219 cm³/mol. The maximum atomic E-state index is 14.1. The van der Waals surface area contributed by atoms with E-state index in [4.69, 9.17) is 16.2 Å². The molecule has 298 valence electrons. The number of ketones is 1. The number of nitrogen functional groups attached to an aromatic ring is 1. The number of nitrogens with zero attached hydrogens (tertiary/aromatic N) is 5. The zero-order valence-corrected chi connectivity index (χ0v) is 33.2. The Bertz CT molecular complexity index is 2260. The van der Waals surface area contributed by atoms with Crippen LogP contribution in [0.15, 0.2) is 48.7 Å². The quantitative estimate of drug-likeness (QED) is 0.162. The molecule has 6 N–H and O–H groups in total. The summed E-state index contributed by atoms with van der Waals surface area (Å²) in [6, 6.07) is 14.8. The lowest BCUT2D eigenvalue weighted by Crippen LogP contribution is -2.49. The van der Waals surface area contributed by atoms with E-state index in [0.29, 0.717) is 48.6 Å². The first kappa shape index (κ1) is 38.4. The van der Waals surface area contributed by atoms with Gasteiger partial charge >= 0.3 is 0 Å². The number of aromatic nitrogens is 2. The first-order valence-corrected chi connectivity index (χ1v) is 20.3. The number of pyridine rings is 1. The van der Waals surface area contributed by atoms with Crippen molar-refractivity contribution in [1.82, 2.24) is 25.1 Å². The third-order valence-corrected chi connectivity index (χ3v) is 12.9. The highest BCUT2D eigenvalue weighted by molar-refractivity contribution is 6.20. The lowest BCUT2D eigenvalue weighted by molar-refractivity contribution is -0.131. The molecule has 8 rings (SSSR count). The summed E-state index contributed by atoms with van der Waals surface area (Å²) >= 11 is 0. The summed E-state index contributed by atoms with van der Waals surface area (Å²) in [5.41, 5.74) is 18.7. The van der Waals surface area contributed by atoms with Gasteiger partial charge < -0.3 is 41.2 Å². The summed E-state index contributed by atoms with van der Waals surface area (Å²) in [5, 5.41) is 13.5. The third-order valence-electron chi connectivity index (χ3n) is 12.9. The number of amides is 2. The second-order valence-electron chi connectivity index (χ2n) is 16.8. The molecule has 13 nitrogen and oxygen atoms in total. The van der Waals surface area contributed by atoms with Crippen LogP contribution in [0.4, 0.5) is 11.5 Å². The van der Waals surface area contributed by atoms with Crippen molar-refractivity contribution in [2.24, 2.45) is 11.1 Å². The van der Waals surface area contributed by atoms with Crippen molar-refractivity contribution in [2.45, 2.75) is 76.8 Å². The molecule has 1 spiro atoms. The minimum Gasteiger partial charge on any atom is -0.490 e. The van der Waals surface area contributed by atoms with Gasteiger partial charge in [-0.3, -0.25) is 14.4 Å². The van der Waals surface area contributed by atoms with E-state index in [-0.39, 0.29) is 35.7 Å². The Morgan fingerprint density at radius 3 is 2.65 bits per heavy atom. The number of likely N-dealkylation sites (tertiary alicyclic amines) is 1. The van der Waals surface area contributed by atoms with Crippen LogP contribution in [0.2, 0.25) is 0 Å². The van der Waals surface area contributed by atoms with Crippen LogP contribution in [-0.2, 0) is 21.4 Å². The number of aromatic amines is 1. The second kappa shape index (κ2) is 15.1. The topological polar surface area (TPSA) is 187 Å². The molecular formula is C44H53N9O4. The average molecular weight is 772 g/mol. The highest BCUT2D eigenvalue weighted by Gasteiger charge is 2.55. The Morgan fingerprint density at radius 2 is 1.93 bits per heavy atom. The number of nitrogens with one attached hydrogen (secondary N) is 2.